The Morgan fingerprint density at radius 1 is 1.13 bits per heavy atom. The highest BCUT2D eigenvalue weighted by Gasteiger charge is 2.30. The van der Waals surface area contributed by atoms with Gasteiger partial charge < -0.3 is 4.74 Å². The lowest BCUT2D eigenvalue weighted by molar-refractivity contribution is -0.137. The molecule has 2 aromatic carbocycles. The number of thiazole rings is 1. The first-order valence-electron chi connectivity index (χ1n) is 6.60. The molecule has 0 aliphatic rings. The molecule has 0 aliphatic carbocycles. The number of alkyl halides is 3. The lowest BCUT2D eigenvalue weighted by Gasteiger charge is -2.06. The molecule has 0 spiro atoms. The van der Waals surface area contributed by atoms with Gasteiger partial charge in [0.05, 0.1) is 10.3 Å². The topological polar surface area (TPSA) is 39.2 Å². The van der Waals surface area contributed by atoms with Crippen LogP contribution in [0.4, 0.5) is 13.2 Å². The molecule has 7 heteroatoms. The van der Waals surface area contributed by atoms with Gasteiger partial charge in [0.25, 0.3) is 0 Å². The molecule has 3 nitrogen and oxygen atoms in total. The number of hydrogen-bond donors (Lipinski definition) is 0. The molecule has 0 saturated heterocycles. The Hall–Kier alpha value is -2.41. The highest BCUT2D eigenvalue weighted by Crippen LogP contribution is 2.36. The standard InChI is InChI=1S/C16H10F3NO2S/c1-9(21)22-12-3-2-4-13-14(12)20-15(23-13)10-5-7-11(8-6-10)16(17,18)19/h2-8H,1H3. The summed E-state index contributed by atoms with van der Waals surface area (Å²) in [5, 5.41) is 0.563. The molecule has 0 atom stereocenters. The second-order valence-electron chi connectivity index (χ2n) is 4.79. The summed E-state index contributed by atoms with van der Waals surface area (Å²) in [7, 11) is 0. The van der Waals surface area contributed by atoms with Crippen LogP contribution in [0.5, 0.6) is 5.75 Å². The largest absolute Gasteiger partial charge is 0.424 e. The van der Waals surface area contributed by atoms with Crippen molar-refractivity contribution < 1.29 is 22.7 Å². The lowest BCUT2D eigenvalue weighted by Crippen LogP contribution is -2.03. The van der Waals surface area contributed by atoms with Crippen molar-refractivity contribution in [2.45, 2.75) is 13.1 Å². The van der Waals surface area contributed by atoms with Gasteiger partial charge in [0.2, 0.25) is 0 Å². The van der Waals surface area contributed by atoms with E-state index in [1.54, 1.807) is 12.1 Å². The van der Waals surface area contributed by atoms with Crippen LogP contribution in [0.2, 0.25) is 0 Å². The van der Waals surface area contributed by atoms with E-state index in [2.05, 4.69) is 4.98 Å². The fourth-order valence-corrected chi connectivity index (χ4v) is 3.07. The van der Waals surface area contributed by atoms with E-state index in [1.165, 1.54) is 30.4 Å². The first-order valence-corrected chi connectivity index (χ1v) is 7.42. The van der Waals surface area contributed by atoms with E-state index in [0.717, 1.165) is 16.8 Å². The van der Waals surface area contributed by atoms with Crippen molar-refractivity contribution in [2.75, 3.05) is 0 Å². The number of hydrogen-bond acceptors (Lipinski definition) is 4. The van der Waals surface area contributed by atoms with Crippen molar-refractivity contribution in [1.82, 2.24) is 4.98 Å². The van der Waals surface area contributed by atoms with Gasteiger partial charge in [0.1, 0.15) is 10.5 Å². The van der Waals surface area contributed by atoms with Crippen LogP contribution in [0.1, 0.15) is 12.5 Å². The van der Waals surface area contributed by atoms with Crippen LogP contribution in [0, 0.1) is 0 Å². The number of fused-ring (bicyclic) bond motifs is 1. The van der Waals surface area contributed by atoms with Crippen LogP contribution in [0.3, 0.4) is 0 Å². The van der Waals surface area contributed by atoms with E-state index in [9.17, 15) is 18.0 Å². The average Bonchev–Trinajstić information content (AvgIpc) is 2.91. The molecule has 0 radical (unpaired) electrons. The number of para-hydroxylation sites is 1. The fourth-order valence-electron chi connectivity index (χ4n) is 2.09. The van der Waals surface area contributed by atoms with Crippen LogP contribution in [-0.4, -0.2) is 11.0 Å². The summed E-state index contributed by atoms with van der Waals surface area (Å²) < 4.78 is 43.7. The number of ether oxygens (including phenoxy) is 1. The second-order valence-corrected chi connectivity index (χ2v) is 5.82. The Labute approximate surface area is 133 Å². The van der Waals surface area contributed by atoms with Crippen LogP contribution < -0.4 is 4.74 Å². The summed E-state index contributed by atoms with van der Waals surface area (Å²) in [4.78, 5) is 15.5. The van der Waals surface area contributed by atoms with E-state index < -0.39 is 17.7 Å². The number of halogens is 3. The molecule has 0 bridgehead atoms. The van der Waals surface area contributed by atoms with Crippen LogP contribution in [0.25, 0.3) is 20.8 Å². The smallest absolute Gasteiger partial charge is 0.416 e. The third-order valence-electron chi connectivity index (χ3n) is 3.09. The molecule has 0 aliphatic heterocycles. The minimum absolute atomic E-state index is 0.337. The van der Waals surface area contributed by atoms with Gasteiger partial charge in [-0.05, 0) is 24.3 Å². The van der Waals surface area contributed by atoms with Gasteiger partial charge in [-0.3, -0.25) is 4.79 Å². The molecule has 0 unspecified atom stereocenters. The Balaban J connectivity index is 2.02. The van der Waals surface area contributed by atoms with Crippen molar-refractivity contribution in [3.8, 4) is 16.3 Å². The number of aromatic nitrogens is 1. The summed E-state index contributed by atoms with van der Waals surface area (Å²) >= 11 is 1.32. The third kappa shape index (κ3) is 3.19. The van der Waals surface area contributed by atoms with Gasteiger partial charge >= 0.3 is 12.1 Å². The molecule has 118 valence electrons. The number of nitrogens with zero attached hydrogens (tertiary/aromatic N) is 1. The van der Waals surface area contributed by atoms with Crippen molar-refractivity contribution in [1.29, 1.82) is 0 Å². The molecule has 1 aromatic heterocycles. The zero-order valence-electron chi connectivity index (χ0n) is 11.8. The molecular formula is C16H10F3NO2S. The Bertz CT molecular complexity index is 869. The predicted molar refractivity (Wildman–Crippen MR) is 81.4 cm³/mol. The van der Waals surface area contributed by atoms with E-state index in [0.29, 0.717) is 21.8 Å². The van der Waals surface area contributed by atoms with E-state index in [-0.39, 0.29) is 0 Å². The Kier molecular flexibility index (Phi) is 3.81. The van der Waals surface area contributed by atoms with Crippen molar-refractivity contribution in [3.05, 3.63) is 48.0 Å². The van der Waals surface area contributed by atoms with Gasteiger partial charge in [-0.25, -0.2) is 4.98 Å². The van der Waals surface area contributed by atoms with Crippen LogP contribution in [-0.2, 0) is 11.0 Å². The Morgan fingerprint density at radius 2 is 1.83 bits per heavy atom. The molecule has 3 aromatic rings. The van der Waals surface area contributed by atoms with Gasteiger partial charge in [-0.2, -0.15) is 13.2 Å². The zero-order valence-corrected chi connectivity index (χ0v) is 12.7. The number of esters is 1. The number of carbonyl (C=O) groups excluding carboxylic acids is 1. The molecule has 0 fully saturated rings. The minimum Gasteiger partial charge on any atom is -0.424 e. The van der Waals surface area contributed by atoms with Crippen LogP contribution >= 0.6 is 11.3 Å². The normalized spacial score (nSPS) is 11.7. The highest BCUT2D eigenvalue weighted by atomic mass is 32.1. The summed E-state index contributed by atoms with van der Waals surface area (Å²) in [5.74, 6) is -0.119. The van der Waals surface area contributed by atoms with Gasteiger partial charge in [0, 0.05) is 12.5 Å². The maximum absolute atomic E-state index is 12.6. The van der Waals surface area contributed by atoms with E-state index in [4.69, 9.17) is 4.74 Å². The molecule has 0 amide bonds. The number of benzene rings is 2. The average molecular weight is 337 g/mol. The van der Waals surface area contributed by atoms with Gasteiger partial charge in [-0.1, -0.05) is 18.2 Å². The molecule has 23 heavy (non-hydrogen) atoms. The van der Waals surface area contributed by atoms with Crippen molar-refractivity contribution in [2.24, 2.45) is 0 Å². The molecule has 3 rings (SSSR count). The van der Waals surface area contributed by atoms with Crippen LogP contribution in [0.15, 0.2) is 42.5 Å². The van der Waals surface area contributed by atoms with Crippen molar-refractivity contribution >= 4 is 27.5 Å². The zero-order chi connectivity index (χ0) is 16.6. The summed E-state index contributed by atoms with van der Waals surface area (Å²) in [6.07, 6.45) is -4.37. The Morgan fingerprint density at radius 3 is 2.43 bits per heavy atom. The lowest BCUT2D eigenvalue weighted by atomic mass is 10.1. The molecular weight excluding hydrogens is 327 g/mol. The SMILES string of the molecule is CC(=O)Oc1cccc2sc(-c3ccc(C(F)(F)F)cc3)nc12. The first-order chi connectivity index (χ1) is 10.8. The fraction of sp³-hybridized carbons (Fsp3) is 0.125. The third-order valence-corrected chi connectivity index (χ3v) is 4.16. The van der Waals surface area contributed by atoms with E-state index >= 15 is 0 Å². The molecule has 0 saturated carbocycles. The number of rotatable bonds is 2. The second kappa shape index (κ2) is 5.66. The van der Waals surface area contributed by atoms with Crippen molar-refractivity contribution in [3.63, 3.8) is 0 Å². The maximum Gasteiger partial charge on any atom is 0.416 e. The molecule has 0 N–H and O–H groups in total. The predicted octanol–water partition coefficient (Wildman–Crippen LogP) is 4.91. The highest BCUT2D eigenvalue weighted by molar-refractivity contribution is 7.21. The van der Waals surface area contributed by atoms with Gasteiger partial charge in [0.15, 0.2) is 5.75 Å². The minimum atomic E-state index is -4.37. The first kappa shape index (κ1) is 15.5. The maximum atomic E-state index is 12.6. The van der Waals surface area contributed by atoms with E-state index in [1.807, 2.05) is 6.07 Å². The quantitative estimate of drug-likeness (QED) is 0.493. The number of carbonyl (C=O) groups is 1. The summed E-state index contributed by atoms with van der Waals surface area (Å²) in [6, 6.07) is 9.98. The van der Waals surface area contributed by atoms with Gasteiger partial charge in [-0.15, -0.1) is 11.3 Å². The summed E-state index contributed by atoms with van der Waals surface area (Å²) in [5.41, 5.74) is 0.388. The molecule has 1 heterocycles. The monoisotopic (exact) mass is 337 g/mol. The summed E-state index contributed by atoms with van der Waals surface area (Å²) in [6.45, 7) is 1.29.